The van der Waals surface area contributed by atoms with Gasteiger partial charge in [0.1, 0.15) is 5.75 Å². The van der Waals surface area contributed by atoms with E-state index in [2.05, 4.69) is 37.4 Å². The maximum Gasteiger partial charge on any atom is 0.573 e. The lowest BCUT2D eigenvalue weighted by atomic mass is 9.97. The fourth-order valence-corrected chi connectivity index (χ4v) is 4.27. The van der Waals surface area contributed by atoms with E-state index in [1.807, 2.05) is 0 Å². The van der Waals surface area contributed by atoms with E-state index in [0.717, 1.165) is 63.7 Å². The molecule has 9 heteroatoms. The third-order valence-corrected chi connectivity index (χ3v) is 6.60. The van der Waals surface area contributed by atoms with E-state index in [-0.39, 0.29) is 16.9 Å². The molecule has 40 heavy (non-hydrogen) atoms. The Bertz CT molecular complexity index is 1250. The lowest BCUT2D eigenvalue weighted by molar-refractivity contribution is -0.274. The lowest BCUT2D eigenvalue weighted by Crippen LogP contribution is -2.25. The van der Waals surface area contributed by atoms with Gasteiger partial charge in [-0.25, -0.2) is 9.78 Å². The van der Waals surface area contributed by atoms with Crippen molar-refractivity contribution < 1.29 is 31.8 Å². The van der Waals surface area contributed by atoms with Crippen molar-refractivity contribution in [2.45, 2.75) is 91.0 Å². The number of unbranched alkanes of at least 4 members (excludes halogenated alkanes) is 5. The number of hydrogen-bond acceptors (Lipinski definition) is 6. The quantitative estimate of drug-likeness (QED) is 0.162. The summed E-state index contributed by atoms with van der Waals surface area (Å²) in [5.74, 6) is 0.744. The first-order chi connectivity index (χ1) is 18.9. The summed E-state index contributed by atoms with van der Waals surface area (Å²) >= 11 is 0. The summed E-state index contributed by atoms with van der Waals surface area (Å²) in [7, 11) is 0. The average Bonchev–Trinajstić information content (AvgIpc) is 2.88. The van der Waals surface area contributed by atoms with E-state index in [4.69, 9.17) is 13.9 Å². The largest absolute Gasteiger partial charge is 0.573 e. The highest BCUT2D eigenvalue weighted by atomic mass is 19.4. The molecule has 3 aromatic rings. The molecule has 220 valence electrons. The zero-order valence-electron chi connectivity index (χ0n) is 23.8. The van der Waals surface area contributed by atoms with Crippen molar-refractivity contribution in [1.82, 2.24) is 4.98 Å². The third kappa shape index (κ3) is 10.8. The number of ether oxygens (including phenoxy) is 3. The van der Waals surface area contributed by atoms with Gasteiger partial charge >= 0.3 is 12.0 Å². The molecule has 6 nitrogen and oxygen atoms in total. The molecular weight excluding hydrogens is 523 g/mol. The summed E-state index contributed by atoms with van der Waals surface area (Å²) in [4.78, 5) is 16.7. The summed E-state index contributed by atoms with van der Waals surface area (Å²) in [6.07, 6.45) is 5.40. The van der Waals surface area contributed by atoms with Crippen molar-refractivity contribution >= 4 is 11.0 Å². The van der Waals surface area contributed by atoms with Gasteiger partial charge in [0.15, 0.2) is 5.58 Å². The number of aromatic nitrogens is 1. The highest BCUT2D eigenvalue weighted by Crippen LogP contribution is 2.27. The Labute approximate surface area is 233 Å². The van der Waals surface area contributed by atoms with Crippen LogP contribution in [-0.4, -0.2) is 30.2 Å². The van der Waals surface area contributed by atoms with Gasteiger partial charge in [0.25, 0.3) is 0 Å². The van der Waals surface area contributed by atoms with Crippen LogP contribution in [0, 0.1) is 5.92 Å². The molecule has 1 aromatic carbocycles. The van der Waals surface area contributed by atoms with Crippen LogP contribution in [0.2, 0.25) is 0 Å². The molecule has 0 unspecified atom stereocenters. The van der Waals surface area contributed by atoms with Crippen LogP contribution >= 0.6 is 0 Å². The maximum atomic E-state index is 12.4. The van der Waals surface area contributed by atoms with E-state index < -0.39 is 12.0 Å². The minimum atomic E-state index is -4.79. The summed E-state index contributed by atoms with van der Waals surface area (Å²) in [6.45, 7) is 10.2. The minimum absolute atomic E-state index is 0.0496. The molecule has 0 spiro atoms. The molecule has 0 bridgehead atoms. The van der Waals surface area contributed by atoms with Gasteiger partial charge in [-0.3, -0.25) is 0 Å². The predicted molar refractivity (Wildman–Crippen MR) is 150 cm³/mol. The van der Waals surface area contributed by atoms with Crippen LogP contribution in [0.4, 0.5) is 13.2 Å². The van der Waals surface area contributed by atoms with E-state index >= 15 is 0 Å². The molecule has 0 aliphatic carbocycles. The summed E-state index contributed by atoms with van der Waals surface area (Å²) in [5.41, 5.74) is 0.254. The molecule has 3 rings (SSSR count). The van der Waals surface area contributed by atoms with Crippen LogP contribution < -0.4 is 15.1 Å². The van der Waals surface area contributed by atoms with Crippen molar-refractivity contribution in [3.63, 3.8) is 0 Å². The fourth-order valence-electron chi connectivity index (χ4n) is 4.27. The fraction of sp³-hybridized carbons (Fsp3) is 0.548. The van der Waals surface area contributed by atoms with E-state index in [1.54, 1.807) is 12.1 Å². The summed E-state index contributed by atoms with van der Waals surface area (Å²) in [6, 6.07) is 8.35. The monoisotopic (exact) mass is 563 g/mol. The number of halogens is 3. The number of alkyl halides is 3. The second kappa shape index (κ2) is 14.5. The van der Waals surface area contributed by atoms with E-state index in [9.17, 15) is 18.0 Å². The van der Waals surface area contributed by atoms with Crippen molar-refractivity contribution in [2.75, 3.05) is 13.2 Å². The molecule has 0 saturated heterocycles. The highest BCUT2D eigenvalue weighted by molar-refractivity contribution is 5.81. The van der Waals surface area contributed by atoms with Gasteiger partial charge in [-0.15, -0.1) is 13.2 Å². The second-order valence-electron chi connectivity index (χ2n) is 11.1. The molecule has 0 fully saturated rings. The first-order valence-corrected chi connectivity index (χ1v) is 14.0. The van der Waals surface area contributed by atoms with Gasteiger partial charge in [-0.05, 0) is 69.2 Å². The predicted octanol–water partition coefficient (Wildman–Crippen LogP) is 8.70. The van der Waals surface area contributed by atoms with Gasteiger partial charge < -0.3 is 18.6 Å². The maximum absolute atomic E-state index is 12.4. The van der Waals surface area contributed by atoms with E-state index in [0.29, 0.717) is 34.9 Å². The first kappa shape index (κ1) is 31.5. The molecule has 0 aliphatic rings. The molecule has 0 radical (unpaired) electrons. The number of hydrogen-bond donors (Lipinski definition) is 0. The van der Waals surface area contributed by atoms with Crippen molar-refractivity contribution in [1.29, 1.82) is 0 Å². The van der Waals surface area contributed by atoms with Gasteiger partial charge in [-0.1, -0.05) is 51.7 Å². The molecule has 0 N–H and O–H groups in total. The number of pyridine rings is 1. The standard InChI is InChI=1S/C31H40F3NO5/c1-22(2)15-16-30(3,4)38-18-10-8-6-5-7-9-17-37-28-20-24-19-26(29(36)39-27(24)21-35-28)23-11-13-25(14-12-23)40-31(32,33)34/h11-14,19-22H,5-10,15-18H2,1-4H3. The topological polar surface area (TPSA) is 70.8 Å². The third-order valence-electron chi connectivity index (χ3n) is 6.60. The van der Waals surface area contributed by atoms with Crippen molar-refractivity contribution in [3.8, 4) is 22.8 Å². The zero-order valence-corrected chi connectivity index (χ0v) is 23.8. The van der Waals surface area contributed by atoms with Crippen LogP contribution in [0.5, 0.6) is 11.6 Å². The normalized spacial score (nSPS) is 12.3. The highest BCUT2D eigenvalue weighted by Gasteiger charge is 2.31. The average molecular weight is 564 g/mol. The first-order valence-electron chi connectivity index (χ1n) is 14.0. The Morgan fingerprint density at radius 1 is 0.925 bits per heavy atom. The van der Waals surface area contributed by atoms with Crippen LogP contribution in [0.15, 0.2) is 51.8 Å². The molecule has 0 amide bonds. The molecule has 0 atom stereocenters. The van der Waals surface area contributed by atoms with Gasteiger partial charge in [0, 0.05) is 18.1 Å². The lowest BCUT2D eigenvalue weighted by Gasteiger charge is -2.26. The molecule has 0 aliphatic heterocycles. The van der Waals surface area contributed by atoms with Gasteiger partial charge in [0.2, 0.25) is 5.88 Å². The summed E-state index contributed by atoms with van der Waals surface area (Å²) in [5, 5.41) is 0.602. The Morgan fingerprint density at radius 2 is 1.57 bits per heavy atom. The molecule has 2 aromatic heterocycles. The summed E-state index contributed by atoms with van der Waals surface area (Å²) < 4.78 is 58.3. The number of benzene rings is 1. The van der Waals surface area contributed by atoms with E-state index in [1.165, 1.54) is 24.8 Å². The molecular formula is C31H40F3NO5. The van der Waals surface area contributed by atoms with Crippen molar-refractivity contribution in [2.24, 2.45) is 5.92 Å². The van der Waals surface area contributed by atoms with Crippen LogP contribution in [0.1, 0.15) is 79.1 Å². The van der Waals surface area contributed by atoms with Gasteiger partial charge in [-0.2, -0.15) is 0 Å². The number of fused-ring (bicyclic) bond motifs is 1. The second-order valence-corrected chi connectivity index (χ2v) is 11.1. The van der Waals surface area contributed by atoms with Gasteiger partial charge in [0.05, 0.1) is 24.0 Å². The van der Waals surface area contributed by atoms with Crippen LogP contribution in [-0.2, 0) is 4.74 Å². The zero-order chi connectivity index (χ0) is 29.2. The van der Waals surface area contributed by atoms with Crippen molar-refractivity contribution in [3.05, 3.63) is 53.0 Å². The van der Waals surface area contributed by atoms with Crippen LogP contribution in [0.3, 0.4) is 0 Å². The SMILES string of the molecule is CC(C)CCC(C)(C)OCCCCCCCCOc1cc2cc(-c3ccc(OC(F)(F)F)cc3)c(=O)oc2cn1. The Balaban J connectivity index is 1.40. The Morgan fingerprint density at radius 3 is 2.23 bits per heavy atom. The molecule has 0 saturated carbocycles. The Hall–Kier alpha value is -3.07. The van der Waals surface area contributed by atoms with Crippen LogP contribution in [0.25, 0.3) is 22.1 Å². The number of rotatable bonds is 16. The molecule has 2 heterocycles. The smallest absolute Gasteiger partial charge is 0.478 e. The Kier molecular flexibility index (Phi) is 11.4. The number of nitrogens with zero attached hydrogens (tertiary/aromatic N) is 1. The minimum Gasteiger partial charge on any atom is -0.478 e.